The smallest absolute Gasteiger partial charge is 0.222 e. The van der Waals surface area contributed by atoms with Crippen molar-refractivity contribution in [1.82, 2.24) is 4.90 Å². The van der Waals surface area contributed by atoms with E-state index in [-0.39, 0.29) is 41.0 Å². The van der Waals surface area contributed by atoms with Crippen LogP contribution in [0.1, 0.15) is 78.6 Å². The van der Waals surface area contributed by atoms with Gasteiger partial charge in [0.25, 0.3) is 0 Å². The number of carbonyl (C=O) groups is 1. The highest BCUT2D eigenvalue weighted by Gasteiger charge is 2.65. The number of piperazine rings is 1. The highest BCUT2D eigenvalue weighted by Crippen LogP contribution is 2.68. The Morgan fingerprint density at radius 2 is 1.69 bits per heavy atom. The van der Waals surface area contributed by atoms with Crippen LogP contribution in [-0.2, 0) is 4.79 Å². The third-order valence-corrected chi connectivity index (χ3v) is 13.4. The minimum Gasteiger partial charge on any atom is -0.497 e. The Bertz CT molecular complexity index is 1110. The zero-order chi connectivity index (χ0) is 29.8. The molecule has 4 aliphatic carbocycles. The number of amides is 1. The van der Waals surface area contributed by atoms with E-state index in [1.807, 2.05) is 17.0 Å². The zero-order valence-corrected chi connectivity index (χ0v) is 26.3. The van der Waals surface area contributed by atoms with Crippen LogP contribution in [0.5, 0.6) is 5.75 Å². The fourth-order valence-corrected chi connectivity index (χ4v) is 10.8. The van der Waals surface area contributed by atoms with E-state index >= 15 is 0 Å². The summed E-state index contributed by atoms with van der Waals surface area (Å²) in [5.41, 5.74) is 1.05. The minimum absolute atomic E-state index is 0.0962. The molecule has 42 heavy (non-hydrogen) atoms. The number of methoxy groups -OCH3 is 1. The fourth-order valence-electron chi connectivity index (χ4n) is 10.8. The van der Waals surface area contributed by atoms with E-state index in [1.54, 1.807) is 7.11 Å². The number of carbonyl (C=O) groups excluding carboxylic acids is 1. The SMILES string of the molecule is COc1ccc(N2CCN(C(=O)CC[C@@H](C)[C@@H]3CC[C@@H]4[C@@H]5[C@H](O)C[C@H]6C[C@H](O)CC[C@]6(C)[C@@H]5C[C@H](O)[C@@]43C)CC2)cc1. The first-order valence-corrected chi connectivity index (χ1v) is 16.8. The number of benzene rings is 1. The molecule has 0 bridgehead atoms. The molecule has 1 heterocycles. The Kier molecular flexibility index (Phi) is 8.34. The van der Waals surface area contributed by atoms with Crippen molar-refractivity contribution in [3.63, 3.8) is 0 Å². The monoisotopic (exact) mass is 582 g/mol. The Labute approximate surface area is 252 Å². The molecule has 0 unspecified atom stereocenters. The standard InChI is InChI=1S/C35H54N2O5/c1-22(5-12-32(41)37-17-15-36(16-18-37)24-6-8-26(42-4)9-7-24)27-10-11-28-33-29(21-31(40)35(27,28)3)34(2)14-13-25(38)19-23(34)20-30(33)39/h6-9,22-23,25,27-31,33,38-40H,5,10-21H2,1-4H3/t22-,23-,25-,27+,28-,29-,30-,31+,33+,34+,35-/m1/s1. The van der Waals surface area contributed by atoms with Gasteiger partial charge < -0.3 is 29.9 Å². The van der Waals surface area contributed by atoms with Crippen molar-refractivity contribution < 1.29 is 24.9 Å². The lowest BCUT2D eigenvalue weighted by Gasteiger charge is -2.63. The van der Waals surface area contributed by atoms with Gasteiger partial charge in [0.05, 0.1) is 25.4 Å². The average molecular weight is 583 g/mol. The first kappa shape index (κ1) is 30.2. The number of fused-ring (bicyclic) bond motifs is 5. The molecule has 0 aromatic heterocycles. The number of aliphatic hydroxyl groups excluding tert-OH is 3. The van der Waals surface area contributed by atoms with Crippen LogP contribution in [0.25, 0.3) is 0 Å². The highest BCUT2D eigenvalue weighted by atomic mass is 16.5. The van der Waals surface area contributed by atoms with Crippen LogP contribution in [-0.4, -0.2) is 77.7 Å². The van der Waals surface area contributed by atoms with E-state index in [1.165, 1.54) is 5.69 Å². The molecule has 234 valence electrons. The summed E-state index contributed by atoms with van der Waals surface area (Å²) >= 11 is 0. The summed E-state index contributed by atoms with van der Waals surface area (Å²) in [5.74, 6) is 3.03. The van der Waals surface area contributed by atoms with Crippen molar-refractivity contribution >= 4 is 11.6 Å². The van der Waals surface area contributed by atoms with Gasteiger partial charge in [0.1, 0.15) is 5.75 Å². The van der Waals surface area contributed by atoms with Crippen molar-refractivity contribution in [1.29, 1.82) is 0 Å². The van der Waals surface area contributed by atoms with E-state index in [2.05, 4.69) is 37.8 Å². The van der Waals surface area contributed by atoms with Gasteiger partial charge in [-0.15, -0.1) is 0 Å². The van der Waals surface area contributed by atoms with Gasteiger partial charge in [-0.2, -0.15) is 0 Å². The number of hydrogen-bond acceptors (Lipinski definition) is 6. The summed E-state index contributed by atoms with van der Waals surface area (Å²) in [4.78, 5) is 17.6. The molecule has 5 aliphatic rings. The van der Waals surface area contributed by atoms with Gasteiger partial charge in [-0.1, -0.05) is 20.8 Å². The fraction of sp³-hybridized carbons (Fsp3) is 0.800. The lowest BCUT2D eigenvalue weighted by atomic mass is 9.43. The van der Waals surface area contributed by atoms with Gasteiger partial charge >= 0.3 is 0 Å². The second kappa shape index (κ2) is 11.6. The molecule has 0 radical (unpaired) electrons. The Hall–Kier alpha value is -1.83. The summed E-state index contributed by atoms with van der Waals surface area (Å²) in [6.45, 7) is 10.2. The van der Waals surface area contributed by atoms with Gasteiger partial charge in [0, 0.05) is 38.3 Å². The van der Waals surface area contributed by atoms with Gasteiger partial charge in [0.15, 0.2) is 0 Å². The molecular weight excluding hydrogens is 528 g/mol. The molecule has 5 fully saturated rings. The van der Waals surface area contributed by atoms with E-state index in [0.717, 1.165) is 83.3 Å². The van der Waals surface area contributed by atoms with Crippen LogP contribution >= 0.6 is 0 Å². The predicted molar refractivity (Wildman–Crippen MR) is 164 cm³/mol. The van der Waals surface area contributed by atoms with Crippen LogP contribution in [0.15, 0.2) is 24.3 Å². The van der Waals surface area contributed by atoms with E-state index in [0.29, 0.717) is 36.0 Å². The molecule has 1 amide bonds. The first-order chi connectivity index (χ1) is 20.1. The molecule has 11 atom stereocenters. The Morgan fingerprint density at radius 3 is 2.38 bits per heavy atom. The number of nitrogens with zero attached hydrogens (tertiary/aromatic N) is 2. The Morgan fingerprint density at radius 1 is 0.976 bits per heavy atom. The molecule has 0 spiro atoms. The van der Waals surface area contributed by atoms with Crippen molar-refractivity contribution in [3.05, 3.63) is 24.3 Å². The molecular formula is C35H54N2O5. The molecule has 1 aromatic rings. The van der Waals surface area contributed by atoms with Crippen LogP contribution in [0.3, 0.4) is 0 Å². The van der Waals surface area contributed by atoms with Gasteiger partial charge in [0.2, 0.25) is 5.91 Å². The normalized spacial score (nSPS) is 42.4. The van der Waals surface area contributed by atoms with E-state index < -0.39 is 0 Å². The van der Waals surface area contributed by atoms with Crippen LogP contribution in [0.2, 0.25) is 0 Å². The van der Waals surface area contributed by atoms with Gasteiger partial charge in [-0.05, 0) is 122 Å². The maximum Gasteiger partial charge on any atom is 0.222 e. The molecule has 6 rings (SSSR count). The lowest BCUT2D eigenvalue weighted by molar-refractivity contribution is -0.207. The highest BCUT2D eigenvalue weighted by molar-refractivity contribution is 5.76. The molecule has 1 saturated heterocycles. The van der Waals surface area contributed by atoms with E-state index in [4.69, 9.17) is 4.74 Å². The number of anilines is 1. The van der Waals surface area contributed by atoms with Gasteiger partial charge in [-0.25, -0.2) is 0 Å². The maximum absolute atomic E-state index is 13.3. The zero-order valence-electron chi connectivity index (χ0n) is 26.3. The lowest BCUT2D eigenvalue weighted by Crippen LogP contribution is -2.62. The molecule has 1 aliphatic heterocycles. The number of rotatable bonds is 6. The molecule has 4 saturated carbocycles. The predicted octanol–water partition coefficient (Wildman–Crippen LogP) is 4.72. The maximum atomic E-state index is 13.3. The van der Waals surface area contributed by atoms with Crippen LogP contribution in [0, 0.1) is 46.3 Å². The summed E-state index contributed by atoms with van der Waals surface area (Å²) < 4.78 is 5.28. The summed E-state index contributed by atoms with van der Waals surface area (Å²) in [6, 6.07) is 8.14. The van der Waals surface area contributed by atoms with Crippen molar-refractivity contribution in [3.8, 4) is 5.75 Å². The topological polar surface area (TPSA) is 93.5 Å². The number of ether oxygens (including phenoxy) is 1. The number of hydrogen-bond donors (Lipinski definition) is 3. The van der Waals surface area contributed by atoms with Gasteiger partial charge in [-0.3, -0.25) is 4.79 Å². The summed E-state index contributed by atoms with van der Waals surface area (Å²) in [7, 11) is 1.68. The second-order valence-electron chi connectivity index (χ2n) is 15.1. The largest absolute Gasteiger partial charge is 0.497 e. The molecule has 3 N–H and O–H groups in total. The minimum atomic E-state index is -0.380. The Balaban J connectivity index is 1.06. The van der Waals surface area contributed by atoms with Crippen molar-refractivity contribution in [2.24, 2.45) is 46.3 Å². The molecule has 7 heteroatoms. The van der Waals surface area contributed by atoms with Crippen molar-refractivity contribution in [2.45, 2.75) is 96.9 Å². The second-order valence-corrected chi connectivity index (χ2v) is 15.1. The summed E-state index contributed by atoms with van der Waals surface area (Å²) in [6.07, 6.45) is 6.76. The van der Waals surface area contributed by atoms with E-state index in [9.17, 15) is 20.1 Å². The van der Waals surface area contributed by atoms with Crippen molar-refractivity contribution in [2.75, 3.05) is 38.2 Å². The summed E-state index contributed by atoms with van der Waals surface area (Å²) in [5, 5.41) is 33.7. The van der Waals surface area contributed by atoms with Crippen LogP contribution < -0.4 is 9.64 Å². The average Bonchev–Trinajstić information content (AvgIpc) is 3.35. The number of aliphatic hydroxyl groups is 3. The molecule has 7 nitrogen and oxygen atoms in total. The first-order valence-electron chi connectivity index (χ1n) is 16.8. The van der Waals surface area contributed by atoms with Crippen LogP contribution in [0.4, 0.5) is 5.69 Å². The molecule has 1 aromatic carbocycles. The third-order valence-electron chi connectivity index (χ3n) is 13.4. The third kappa shape index (κ3) is 5.05. The quantitative estimate of drug-likeness (QED) is 0.450.